The second-order valence-electron chi connectivity index (χ2n) is 3.90. The highest BCUT2D eigenvalue weighted by atomic mass is 35.5. The quantitative estimate of drug-likeness (QED) is 0.836. The Morgan fingerprint density at radius 3 is 2.78 bits per heavy atom. The van der Waals surface area contributed by atoms with Gasteiger partial charge in [-0.25, -0.2) is 0 Å². The molecule has 94 valence electrons. The first-order valence-corrected chi connectivity index (χ1v) is 6.17. The van der Waals surface area contributed by atoms with Crippen LogP contribution in [0.3, 0.4) is 0 Å². The zero-order chi connectivity index (χ0) is 12.5. The van der Waals surface area contributed by atoms with E-state index in [1.165, 1.54) is 0 Å². The number of aryl methyl sites for hydroxylation is 1. The highest BCUT2D eigenvalue weighted by molar-refractivity contribution is 6.28. The molecule has 0 N–H and O–H groups in total. The molecule has 1 aromatic carbocycles. The molecular formula is C12H12ClN3O2. The largest absolute Gasteiger partial charge is 0.486 e. The number of aromatic nitrogens is 3. The topological polar surface area (TPSA) is 49.2 Å². The third-order valence-corrected chi connectivity index (χ3v) is 3.04. The number of ether oxygens (including phenoxy) is 2. The van der Waals surface area contributed by atoms with Crippen molar-refractivity contribution in [2.75, 3.05) is 13.2 Å². The third kappa shape index (κ3) is 1.80. The molecule has 0 aliphatic carbocycles. The standard InChI is InChI=1S/C12H12ClN3O2/c1-2-11-14-15-12(13)16(11)8-3-4-9-10(7-8)18-6-5-17-9/h3-4,7H,2,5-6H2,1H3. The van der Waals surface area contributed by atoms with E-state index in [0.29, 0.717) is 18.5 Å². The molecule has 0 radical (unpaired) electrons. The van der Waals surface area contributed by atoms with Crippen LogP contribution >= 0.6 is 11.6 Å². The van der Waals surface area contributed by atoms with Gasteiger partial charge in [0.05, 0.1) is 5.69 Å². The minimum Gasteiger partial charge on any atom is -0.486 e. The summed E-state index contributed by atoms with van der Waals surface area (Å²) in [5.41, 5.74) is 0.881. The lowest BCUT2D eigenvalue weighted by Gasteiger charge is -2.19. The SMILES string of the molecule is CCc1nnc(Cl)n1-c1ccc2c(c1)OCCO2. The molecular weight excluding hydrogens is 254 g/mol. The average Bonchev–Trinajstić information content (AvgIpc) is 2.79. The zero-order valence-electron chi connectivity index (χ0n) is 9.89. The van der Waals surface area contributed by atoms with Gasteiger partial charge in [-0.3, -0.25) is 4.57 Å². The van der Waals surface area contributed by atoms with Crippen LogP contribution in [-0.2, 0) is 6.42 Å². The number of nitrogens with zero attached hydrogens (tertiary/aromatic N) is 3. The normalized spacial score (nSPS) is 13.7. The van der Waals surface area contributed by atoms with E-state index in [0.717, 1.165) is 29.4 Å². The maximum Gasteiger partial charge on any atom is 0.229 e. The molecule has 0 fully saturated rings. The molecule has 3 rings (SSSR count). The van der Waals surface area contributed by atoms with Crippen molar-refractivity contribution < 1.29 is 9.47 Å². The molecule has 6 heteroatoms. The Hall–Kier alpha value is -1.75. The minimum absolute atomic E-state index is 0.350. The molecule has 0 saturated heterocycles. The van der Waals surface area contributed by atoms with Crippen LogP contribution < -0.4 is 9.47 Å². The maximum atomic E-state index is 6.06. The Balaban J connectivity index is 2.09. The first kappa shape index (κ1) is 11.3. The molecule has 0 atom stereocenters. The number of halogens is 1. The summed E-state index contributed by atoms with van der Waals surface area (Å²) in [7, 11) is 0. The van der Waals surface area contributed by atoms with E-state index in [9.17, 15) is 0 Å². The molecule has 0 saturated carbocycles. The van der Waals surface area contributed by atoms with E-state index in [1.807, 2.05) is 25.1 Å². The van der Waals surface area contributed by atoms with Crippen LogP contribution in [0, 0.1) is 0 Å². The monoisotopic (exact) mass is 265 g/mol. The van der Waals surface area contributed by atoms with Crippen LogP contribution in [0.15, 0.2) is 18.2 Å². The highest BCUT2D eigenvalue weighted by Crippen LogP contribution is 2.33. The molecule has 0 amide bonds. The van der Waals surface area contributed by atoms with E-state index >= 15 is 0 Å². The Kier molecular flexibility index (Phi) is 2.83. The molecule has 2 aromatic rings. The predicted molar refractivity (Wildman–Crippen MR) is 66.7 cm³/mol. The van der Waals surface area contributed by atoms with Gasteiger partial charge in [-0.05, 0) is 23.7 Å². The molecule has 0 unspecified atom stereocenters. The summed E-state index contributed by atoms with van der Waals surface area (Å²) in [6, 6.07) is 5.68. The van der Waals surface area contributed by atoms with E-state index < -0.39 is 0 Å². The first-order valence-electron chi connectivity index (χ1n) is 5.79. The van der Waals surface area contributed by atoms with Crippen LogP contribution in [0.25, 0.3) is 5.69 Å². The lowest BCUT2D eigenvalue weighted by atomic mass is 10.2. The summed E-state index contributed by atoms with van der Waals surface area (Å²) in [6.07, 6.45) is 0.758. The zero-order valence-corrected chi connectivity index (χ0v) is 10.6. The van der Waals surface area contributed by atoms with Crippen molar-refractivity contribution in [2.45, 2.75) is 13.3 Å². The van der Waals surface area contributed by atoms with E-state index in [1.54, 1.807) is 4.57 Å². The third-order valence-electron chi connectivity index (χ3n) is 2.79. The van der Waals surface area contributed by atoms with Crippen molar-refractivity contribution in [3.63, 3.8) is 0 Å². The summed E-state index contributed by atoms with van der Waals surface area (Å²) < 4.78 is 12.8. The van der Waals surface area contributed by atoms with Gasteiger partial charge >= 0.3 is 0 Å². The predicted octanol–water partition coefficient (Wildman–Crippen LogP) is 2.25. The number of fused-ring (bicyclic) bond motifs is 1. The second kappa shape index (κ2) is 4.49. The van der Waals surface area contributed by atoms with Gasteiger partial charge in [-0.1, -0.05) is 6.92 Å². The van der Waals surface area contributed by atoms with Crippen molar-refractivity contribution in [2.24, 2.45) is 0 Å². The minimum atomic E-state index is 0.350. The van der Waals surface area contributed by atoms with Crippen molar-refractivity contribution in [1.29, 1.82) is 0 Å². The van der Waals surface area contributed by atoms with Crippen molar-refractivity contribution in [1.82, 2.24) is 14.8 Å². The first-order chi connectivity index (χ1) is 8.79. The molecule has 2 heterocycles. The van der Waals surface area contributed by atoms with Gasteiger partial charge in [-0.15, -0.1) is 10.2 Å². The summed E-state index contributed by atoms with van der Waals surface area (Å²) >= 11 is 6.06. The highest BCUT2D eigenvalue weighted by Gasteiger charge is 2.15. The fourth-order valence-corrected chi connectivity index (χ4v) is 2.18. The Labute approximate surface area is 109 Å². The van der Waals surface area contributed by atoms with Crippen molar-refractivity contribution in [3.05, 3.63) is 29.3 Å². The lowest BCUT2D eigenvalue weighted by Crippen LogP contribution is -2.15. The number of benzene rings is 1. The summed E-state index contributed by atoms with van der Waals surface area (Å²) in [5.74, 6) is 2.30. The van der Waals surface area contributed by atoms with Crippen LogP contribution in [0.1, 0.15) is 12.7 Å². The smallest absolute Gasteiger partial charge is 0.229 e. The summed E-state index contributed by atoms with van der Waals surface area (Å²) in [5, 5.41) is 8.26. The van der Waals surface area contributed by atoms with E-state index in [2.05, 4.69) is 10.2 Å². The number of hydrogen-bond donors (Lipinski definition) is 0. The molecule has 1 aliphatic rings. The molecule has 5 nitrogen and oxygen atoms in total. The Morgan fingerprint density at radius 1 is 1.22 bits per heavy atom. The van der Waals surface area contributed by atoms with Gasteiger partial charge in [0.2, 0.25) is 5.28 Å². The number of hydrogen-bond acceptors (Lipinski definition) is 4. The molecule has 18 heavy (non-hydrogen) atoms. The molecule has 1 aromatic heterocycles. The molecule has 0 spiro atoms. The second-order valence-corrected chi connectivity index (χ2v) is 4.24. The Bertz CT molecular complexity index is 583. The fraction of sp³-hybridized carbons (Fsp3) is 0.333. The fourth-order valence-electron chi connectivity index (χ4n) is 1.95. The summed E-state index contributed by atoms with van der Waals surface area (Å²) in [6.45, 7) is 3.15. The molecule has 1 aliphatic heterocycles. The lowest BCUT2D eigenvalue weighted by molar-refractivity contribution is 0.171. The van der Waals surface area contributed by atoms with Gasteiger partial charge in [0.25, 0.3) is 0 Å². The van der Waals surface area contributed by atoms with Crippen molar-refractivity contribution in [3.8, 4) is 17.2 Å². The van der Waals surface area contributed by atoms with Crippen LogP contribution in [0.5, 0.6) is 11.5 Å². The number of rotatable bonds is 2. The van der Waals surface area contributed by atoms with Gasteiger partial charge in [-0.2, -0.15) is 0 Å². The Morgan fingerprint density at radius 2 is 2.00 bits per heavy atom. The van der Waals surface area contributed by atoms with Crippen LogP contribution in [-0.4, -0.2) is 28.0 Å². The van der Waals surface area contributed by atoms with E-state index in [-0.39, 0.29) is 0 Å². The van der Waals surface area contributed by atoms with Gasteiger partial charge in [0, 0.05) is 12.5 Å². The van der Waals surface area contributed by atoms with Crippen LogP contribution in [0.4, 0.5) is 0 Å². The van der Waals surface area contributed by atoms with Crippen LogP contribution in [0.2, 0.25) is 5.28 Å². The van der Waals surface area contributed by atoms with E-state index in [4.69, 9.17) is 21.1 Å². The maximum absolute atomic E-state index is 6.06. The van der Waals surface area contributed by atoms with Gasteiger partial charge < -0.3 is 9.47 Å². The average molecular weight is 266 g/mol. The summed E-state index contributed by atoms with van der Waals surface area (Å²) in [4.78, 5) is 0. The molecule has 0 bridgehead atoms. The van der Waals surface area contributed by atoms with Crippen molar-refractivity contribution >= 4 is 11.6 Å². The van der Waals surface area contributed by atoms with Gasteiger partial charge in [0.1, 0.15) is 19.0 Å². The van der Waals surface area contributed by atoms with Gasteiger partial charge in [0.15, 0.2) is 11.5 Å².